The normalized spacial score (nSPS) is 27.9. The number of alkyl halides is 3. The minimum atomic E-state index is -4.15. The van der Waals surface area contributed by atoms with Crippen LogP contribution in [0.25, 0.3) is 0 Å². The Hall–Kier alpha value is -2.21. The molecular formula is C24H36F4N6O2. The molecule has 4 N–H and O–H groups in total. The van der Waals surface area contributed by atoms with Gasteiger partial charge in [0.15, 0.2) is 11.6 Å². The molecule has 0 aromatic carbocycles. The number of nitrogens with zero attached hydrogens (tertiary/aromatic N) is 4. The van der Waals surface area contributed by atoms with Gasteiger partial charge in [-0.05, 0) is 63.8 Å². The Balaban J connectivity index is 1.38. The highest BCUT2D eigenvalue weighted by atomic mass is 19.4. The van der Waals surface area contributed by atoms with Crippen LogP contribution in [0.3, 0.4) is 0 Å². The molecule has 2 unspecified atom stereocenters. The molecule has 1 aliphatic heterocycles. The summed E-state index contributed by atoms with van der Waals surface area (Å²) in [6, 6.07) is 0.124. The van der Waals surface area contributed by atoms with Gasteiger partial charge in [0.2, 0.25) is 11.7 Å². The molecule has 0 bridgehead atoms. The van der Waals surface area contributed by atoms with Crippen LogP contribution in [-0.2, 0) is 4.79 Å². The number of halogens is 4. The molecule has 1 amide bonds. The highest BCUT2D eigenvalue weighted by molar-refractivity contribution is 5.75. The van der Waals surface area contributed by atoms with Gasteiger partial charge in [-0.25, -0.2) is 9.97 Å². The third-order valence-corrected chi connectivity index (χ3v) is 8.04. The molecule has 2 aliphatic carbocycles. The monoisotopic (exact) mass is 516 g/mol. The molecule has 3 aliphatic rings. The largest absolute Gasteiger partial charge is 0.391 e. The molecule has 8 nitrogen and oxygen atoms in total. The summed E-state index contributed by atoms with van der Waals surface area (Å²) >= 11 is 0. The highest BCUT2D eigenvalue weighted by Gasteiger charge is 2.42. The fourth-order valence-electron chi connectivity index (χ4n) is 5.62. The fraction of sp³-hybridized carbons (Fsp3) is 0.792. The Bertz CT molecular complexity index is 892. The zero-order valence-electron chi connectivity index (χ0n) is 20.4. The summed E-state index contributed by atoms with van der Waals surface area (Å²) in [6.07, 6.45) is 1.10. The van der Waals surface area contributed by atoms with E-state index in [1.165, 1.54) is 6.33 Å². The van der Waals surface area contributed by atoms with Crippen LogP contribution in [-0.4, -0.2) is 76.9 Å². The molecule has 4 rings (SSSR count). The van der Waals surface area contributed by atoms with Crippen LogP contribution in [0.4, 0.5) is 29.2 Å². The first kappa shape index (κ1) is 26.8. The second kappa shape index (κ2) is 11.5. The number of hydrogen-bond donors (Lipinski definition) is 3. The van der Waals surface area contributed by atoms with E-state index in [2.05, 4.69) is 15.3 Å². The number of carbonyl (C=O) groups excluding carboxylic acids is 1. The Morgan fingerprint density at radius 2 is 1.89 bits per heavy atom. The number of piperidine rings is 1. The van der Waals surface area contributed by atoms with Crippen LogP contribution >= 0.6 is 0 Å². The SMILES string of the molecule is NC(=O)CN1CCC(CNc2ncnc(N(CC3CCC(C(F)(F)F)CC3)C3CCC3)c2F)C(O)C1. The molecule has 2 saturated carbocycles. The van der Waals surface area contributed by atoms with Crippen molar-refractivity contribution >= 4 is 17.5 Å². The van der Waals surface area contributed by atoms with E-state index in [9.17, 15) is 23.1 Å². The molecule has 36 heavy (non-hydrogen) atoms. The van der Waals surface area contributed by atoms with E-state index in [0.29, 0.717) is 45.4 Å². The van der Waals surface area contributed by atoms with Gasteiger partial charge in [0.05, 0.1) is 18.6 Å². The number of likely N-dealkylation sites (tertiary alicyclic amines) is 1. The Kier molecular flexibility index (Phi) is 8.54. The smallest absolute Gasteiger partial charge is 0.391 e. The molecule has 1 saturated heterocycles. The standard InChI is InChI=1S/C24H36F4N6O2/c25-21-22(30-10-16-8-9-33(12-19(16)35)13-20(29)36)31-14-32-23(21)34(18-2-1-3-18)11-15-4-6-17(7-5-15)24(26,27)28/h14-19,35H,1-13H2,(H2,29,36)(H,30,31,32). The minimum absolute atomic E-state index is 0.0527. The number of primary amides is 1. The summed E-state index contributed by atoms with van der Waals surface area (Å²) in [7, 11) is 0. The maximum Gasteiger partial charge on any atom is 0.391 e. The van der Waals surface area contributed by atoms with Crippen molar-refractivity contribution in [2.24, 2.45) is 23.5 Å². The van der Waals surface area contributed by atoms with Gasteiger partial charge in [-0.15, -0.1) is 0 Å². The number of anilines is 2. The number of amides is 1. The van der Waals surface area contributed by atoms with Gasteiger partial charge in [0.1, 0.15) is 6.33 Å². The van der Waals surface area contributed by atoms with E-state index < -0.39 is 29.9 Å². The molecule has 12 heteroatoms. The number of hydrogen-bond acceptors (Lipinski definition) is 7. The van der Waals surface area contributed by atoms with Gasteiger partial charge in [-0.2, -0.15) is 17.6 Å². The predicted molar refractivity (Wildman–Crippen MR) is 127 cm³/mol. The minimum Gasteiger partial charge on any atom is -0.391 e. The van der Waals surface area contributed by atoms with Gasteiger partial charge in [-0.3, -0.25) is 9.69 Å². The number of carbonyl (C=O) groups is 1. The van der Waals surface area contributed by atoms with Crippen LogP contribution in [0.15, 0.2) is 6.33 Å². The summed E-state index contributed by atoms with van der Waals surface area (Å²) in [5, 5.41) is 13.5. The summed E-state index contributed by atoms with van der Waals surface area (Å²) < 4.78 is 54.8. The third-order valence-electron chi connectivity index (χ3n) is 8.04. The predicted octanol–water partition coefficient (Wildman–Crippen LogP) is 2.92. The van der Waals surface area contributed by atoms with Crippen molar-refractivity contribution in [2.45, 2.75) is 69.7 Å². The van der Waals surface area contributed by atoms with Gasteiger partial charge in [0.25, 0.3) is 0 Å². The lowest BCUT2D eigenvalue weighted by atomic mass is 9.80. The van der Waals surface area contributed by atoms with Gasteiger partial charge in [-0.1, -0.05) is 0 Å². The van der Waals surface area contributed by atoms with Gasteiger partial charge < -0.3 is 21.1 Å². The van der Waals surface area contributed by atoms with E-state index >= 15 is 4.39 Å². The molecule has 0 radical (unpaired) electrons. The molecular weight excluding hydrogens is 480 g/mol. The molecule has 0 spiro atoms. The lowest BCUT2D eigenvalue weighted by Gasteiger charge is -2.42. The Labute approximate surface area is 208 Å². The number of nitrogens with one attached hydrogen (secondary N) is 1. The molecule has 2 heterocycles. The number of aromatic nitrogens is 2. The number of aliphatic hydroxyl groups excluding tert-OH is 1. The van der Waals surface area contributed by atoms with E-state index in [4.69, 9.17) is 5.73 Å². The average molecular weight is 517 g/mol. The topological polar surface area (TPSA) is 108 Å². The molecule has 3 fully saturated rings. The van der Waals surface area contributed by atoms with Crippen LogP contribution in [0.5, 0.6) is 0 Å². The van der Waals surface area contributed by atoms with E-state index in [1.54, 1.807) is 4.90 Å². The van der Waals surface area contributed by atoms with E-state index in [1.807, 2.05) is 4.90 Å². The van der Waals surface area contributed by atoms with Crippen molar-refractivity contribution in [3.8, 4) is 0 Å². The molecule has 202 valence electrons. The second-order valence-corrected chi connectivity index (χ2v) is 10.6. The Morgan fingerprint density at radius 3 is 2.47 bits per heavy atom. The van der Waals surface area contributed by atoms with Crippen molar-refractivity contribution in [1.82, 2.24) is 14.9 Å². The zero-order valence-corrected chi connectivity index (χ0v) is 20.4. The van der Waals surface area contributed by atoms with Crippen LogP contribution in [0.1, 0.15) is 51.4 Å². The first-order chi connectivity index (χ1) is 17.1. The van der Waals surface area contributed by atoms with Crippen molar-refractivity contribution < 1.29 is 27.5 Å². The van der Waals surface area contributed by atoms with Crippen LogP contribution in [0, 0.1) is 23.6 Å². The van der Waals surface area contributed by atoms with Crippen LogP contribution in [0.2, 0.25) is 0 Å². The summed E-state index contributed by atoms with van der Waals surface area (Å²) in [4.78, 5) is 23.2. The maximum absolute atomic E-state index is 15.6. The van der Waals surface area contributed by atoms with E-state index in [-0.39, 0.29) is 48.9 Å². The first-order valence-corrected chi connectivity index (χ1v) is 12.9. The molecule has 2 atom stereocenters. The summed E-state index contributed by atoms with van der Waals surface area (Å²) in [5.74, 6) is -2.10. The molecule has 1 aromatic rings. The van der Waals surface area contributed by atoms with Crippen molar-refractivity contribution in [3.63, 3.8) is 0 Å². The van der Waals surface area contributed by atoms with Crippen molar-refractivity contribution in [1.29, 1.82) is 0 Å². The Morgan fingerprint density at radius 1 is 1.17 bits per heavy atom. The van der Waals surface area contributed by atoms with Crippen molar-refractivity contribution in [3.05, 3.63) is 12.1 Å². The number of nitrogens with two attached hydrogens (primary N) is 1. The lowest BCUT2D eigenvalue weighted by molar-refractivity contribution is -0.183. The third kappa shape index (κ3) is 6.56. The van der Waals surface area contributed by atoms with Crippen LogP contribution < -0.4 is 16.0 Å². The number of rotatable bonds is 9. The van der Waals surface area contributed by atoms with Gasteiger partial charge in [0, 0.05) is 31.6 Å². The zero-order chi connectivity index (χ0) is 25.9. The van der Waals surface area contributed by atoms with E-state index in [0.717, 1.165) is 19.3 Å². The number of aliphatic hydroxyl groups is 1. The maximum atomic E-state index is 15.6. The fourth-order valence-corrected chi connectivity index (χ4v) is 5.62. The number of β-amino-alcohol motifs (C(OH)–C–C–N with tert-alkyl or cyclic N) is 1. The van der Waals surface area contributed by atoms with Gasteiger partial charge >= 0.3 is 6.18 Å². The first-order valence-electron chi connectivity index (χ1n) is 12.9. The van der Waals surface area contributed by atoms with Crippen molar-refractivity contribution in [2.75, 3.05) is 42.9 Å². The quantitative estimate of drug-likeness (QED) is 0.433. The summed E-state index contributed by atoms with van der Waals surface area (Å²) in [5.41, 5.74) is 5.23. The second-order valence-electron chi connectivity index (χ2n) is 10.6. The molecule has 1 aromatic heterocycles. The highest BCUT2D eigenvalue weighted by Crippen LogP contribution is 2.41. The average Bonchev–Trinajstić information content (AvgIpc) is 2.77. The lowest BCUT2D eigenvalue weighted by Crippen LogP contribution is -2.48. The summed E-state index contributed by atoms with van der Waals surface area (Å²) in [6.45, 7) is 1.81.